The molecule has 0 fully saturated rings. The summed E-state index contributed by atoms with van der Waals surface area (Å²) in [6.45, 7) is 0. The number of carbonyl (C=O) groups is 1. The van der Waals surface area contributed by atoms with Crippen LogP contribution in [0, 0.1) is 0 Å². The lowest BCUT2D eigenvalue weighted by molar-refractivity contribution is 0.104. The second-order valence-electron chi connectivity index (χ2n) is 6.24. The smallest absolute Gasteiger partial charge is 0.189 e. The predicted molar refractivity (Wildman–Crippen MR) is 112 cm³/mol. The minimum absolute atomic E-state index is 0.0937. The van der Waals surface area contributed by atoms with Crippen LogP contribution in [0.5, 0.6) is 28.7 Å². The van der Waals surface area contributed by atoms with E-state index in [2.05, 4.69) is 0 Å². The van der Waals surface area contributed by atoms with E-state index in [1.165, 1.54) is 32.4 Å². The standard InChI is InChI=1S/C23H22O6/c1-26-20-13-19(25)21(27-2)12-17(20)18(24)8-6-14-5-7-15-10-22(28-3)23(29-4)11-16(15)9-14/h5-13,25H,1-4H3/b8-6+. The summed E-state index contributed by atoms with van der Waals surface area (Å²) in [4.78, 5) is 12.7. The van der Waals surface area contributed by atoms with E-state index in [4.69, 9.17) is 18.9 Å². The molecule has 0 atom stereocenters. The molecule has 0 bridgehead atoms. The molecule has 6 heteroatoms. The van der Waals surface area contributed by atoms with Crippen molar-refractivity contribution in [2.75, 3.05) is 28.4 Å². The summed E-state index contributed by atoms with van der Waals surface area (Å²) < 4.78 is 21.0. The third-order valence-electron chi connectivity index (χ3n) is 4.56. The van der Waals surface area contributed by atoms with Gasteiger partial charge in [0.25, 0.3) is 0 Å². The van der Waals surface area contributed by atoms with Gasteiger partial charge in [-0.1, -0.05) is 18.2 Å². The van der Waals surface area contributed by atoms with Crippen molar-refractivity contribution in [3.63, 3.8) is 0 Å². The molecule has 0 aliphatic carbocycles. The molecule has 150 valence electrons. The molecule has 29 heavy (non-hydrogen) atoms. The second kappa shape index (κ2) is 8.56. The predicted octanol–water partition coefficient (Wildman–Crippen LogP) is 4.48. The van der Waals surface area contributed by atoms with Crippen molar-refractivity contribution in [2.45, 2.75) is 0 Å². The lowest BCUT2D eigenvalue weighted by Gasteiger charge is -2.10. The average Bonchev–Trinajstić information content (AvgIpc) is 2.75. The molecular weight excluding hydrogens is 372 g/mol. The van der Waals surface area contributed by atoms with Crippen molar-refractivity contribution in [2.24, 2.45) is 0 Å². The van der Waals surface area contributed by atoms with Gasteiger partial charge in [-0.15, -0.1) is 0 Å². The highest BCUT2D eigenvalue weighted by molar-refractivity contribution is 6.09. The molecule has 3 rings (SSSR count). The van der Waals surface area contributed by atoms with Crippen LogP contribution in [0.25, 0.3) is 16.8 Å². The van der Waals surface area contributed by atoms with Crippen LogP contribution in [0.4, 0.5) is 0 Å². The first kappa shape index (κ1) is 20.1. The fourth-order valence-corrected chi connectivity index (χ4v) is 3.03. The first-order chi connectivity index (χ1) is 14.0. The first-order valence-electron chi connectivity index (χ1n) is 8.84. The molecule has 0 saturated carbocycles. The number of carbonyl (C=O) groups excluding carboxylic acids is 1. The molecule has 0 saturated heterocycles. The maximum Gasteiger partial charge on any atom is 0.189 e. The number of hydrogen-bond acceptors (Lipinski definition) is 6. The SMILES string of the molecule is COc1cc(C(=O)/C=C/c2ccc3cc(OC)c(OC)cc3c2)c(OC)cc1O. The Labute approximate surface area is 168 Å². The molecule has 0 aliphatic heterocycles. The first-order valence-corrected chi connectivity index (χ1v) is 8.84. The van der Waals surface area contributed by atoms with Gasteiger partial charge in [0.2, 0.25) is 0 Å². The zero-order valence-corrected chi connectivity index (χ0v) is 16.7. The Morgan fingerprint density at radius 3 is 2.00 bits per heavy atom. The number of fused-ring (bicyclic) bond motifs is 1. The Morgan fingerprint density at radius 2 is 1.38 bits per heavy atom. The number of hydrogen-bond donors (Lipinski definition) is 1. The number of methoxy groups -OCH3 is 4. The van der Waals surface area contributed by atoms with Crippen molar-refractivity contribution in [1.29, 1.82) is 0 Å². The molecule has 6 nitrogen and oxygen atoms in total. The van der Waals surface area contributed by atoms with E-state index >= 15 is 0 Å². The molecule has 0 heterocycles. The van der Waals surface area contributed by atoms with E-state index in [9.17, 15) is 9.90 Å². The molecule has 3 aromatic carbocycles. The van der Waals surface area contributed by atoms with Gasteiger partial charge in [-0.3, -0.25) is 4.79 Å². The van der Waals surface area contributed by atoms with E-state index in [0.717, 1.165) is 16.3 Å². The molecule has 0 aliphatic rings. The van der Waals surface area contributed by atoms with Gasteiger partial charge in [-0.05, 0) is 46.7 Å². The summed E-state index contributed by atoms with van der Waals surface area (Å²) >= 11 is 0. The summed E-state index contributed by atoms with van der Waals surface area (Å²) in [7, 11) is 6.04. The van der Waals surface area contributed by atoms with Gasteiger partial charge in [-0.25, -0.2) is 0 Å². The number of aromatic hydroxyl groups is 1. The fourth-order valence-electron chi connectivity index (χ4n) is 3.03. The normalized spacial score (nSPS) is 10.9. The minimum Gasteiger partial charge on any atom is -0.504 e. The summed E-state index contributed by atoms with van der Waals surface area (Å²) in [6, 6.07) is 12.4. The number of rotatable bonds is 7. The van der Waals surface area contributed by atoms with Crippen LogP contribution in [-0.4, -0.2) is 39.3 Å². The van der Waals surface area contributed by atoms with Crippen molar-refractivity contribution in [3.05, 3.63) is 59.7 Å². The molecule has 0 aromatic heterocycles. The third kappa shape index (κ3) is 4.11. The van der Waals surface area contributed by atoms with Gasteiger partial charge < -0.3 is 24.1 Å². The summed E-state index contributed by atoms with van der Waals surface area (Å²) in [5.41, 5.74) is 1.15. The fraction of sp³-hybridized carbons (Fsp3) is 0.174. The van der Waals surface area contributed by atoms with E-state index in [1.807, 2.05) is 30.3 Å². The topological polar surface area (TPSA) is 74.2 Å². The Morgan fingerprint density at radius 1 is 0.759 bits per heavy atom. The van der Waals surface area contributed by atoms with E-state index in [0.29, 0.717) is 17.1 Å². The van der Waals surface area contributed by atoms with Crippen LogP contribution in [0.1, 0.15) is 15.9 Å². The van der Waals surface area contributed by atoms with E-state index < -0.39 is 0 Å². The summed E-state index contributed by atoms with van der Waals surface area (Å²) in [5, 5.41) is 11.8. The van der Waals surface area contributed by atoms with Gasteiger partial charge >= 0.3 is 0 Å². The van der Waals surface area contributed by atoms with Gasteiger partial charge in [0, 0.05) is 6.07 Å². The number of ketones is 1. The van der Waals surface area contributed by atoms with Crippen LogP contribution < -0.4 is 18.9 Å². The molecule has 3 aromatic rings. The lowest BCUT2D eigenvalue weighted by atomic mass is 10.0. The number of ether oxygens (including phenoxy) is 4. The zero-order valence-electron chi connectivity index (χ0n) is 16.7. The number of phenols is 1. The quantitative estimate of drug-likeness (QED) is 0.471. The average molecular weight is 394 g/mol. The molecule has 0 amide bonds. The Bertz CT molecular complexity index is 1080. The highest BCUT2D eigenvalue weighted by Crippen LogP contribution is 2.35. The zero-order chi connectivity index (χ0) is 21.0. The Balaban J connectivity index is 1.93. The highest BCUT2D eigenvalue weighted by atomic mass is 16.5. The van der Waals surface area contributed by atoms with Gasteiger partial charge in [-0.2, -0.15) is 0 Å². The van der Waals surface area contributed by atoms with Crippen molar-refractivity contribution in [1.82, 2.24) is 0 Å². The number of benzene rings is 3. The second-order valence-corrected chi connectivity index (χ2v) is 6.24. The Hall–Kier alpha value is -3.67. The maximum atomic E-state index is 12.7. The monoisotopic (exact) mass is 394 g/mol. The summed E-state index contributed by atoms with van der Waals surface area (Å²) in [5.74, 6) is 1.41. The van der Waals surface area contributed by atoms with Crippen LogP contribution in [0.15, 0.2) is 48.5 Å². The molecule has 0 radical (unpaired) electrons. The minimum atomic E-state index is -0.271. The van der Waals surface area contributed by atoms with Crippen molar-refractivity contribution in [3.8, 4) is 28.7 Å². The molecule has 1 N–H and O–H groups in total. The van der Waals surface area contributed by atoms with E-state index in [-0.39, 0.29) is 23.0 Å². The number of phenolic OH excluding ortho intramolecular Hbond substituents is 1. The van der Waals surface area contributed by atoms with Crippen LogP contribution in [0.3, 0.4) is 0 Å². The van der Waals surface area contributed by atoms with Gasteiger partial charge in [0.15, 0.2) is 28.8 Å². The highest BCUT2D eigenvalue weighted by Gasteiger charge is 2.15. The van der Waals surface area contributed by atoms with Crippen LogP contribution in [-0.2, 0) is 0 Å². The third-order valence-corrected chi connectivity index (χ3v) is 4.56. The van der Waals surface area contributed by atoms with Crippen molar-refractivity contribution < 1.29 is 28.8 Å². The van der Waals surface area contributed by atoms with Crippen LogP contribution in [0.2, 0.25) is 0 Å². The van der Waals surface area contributed by atoms with Crippen LogP contribution >= 0.6 is 0 Å². The molecule has 0 spiro atoms. The Kier molecular flexibility index (Phi) is 5.93. The lowest BCUT2D eigenvalue weighted by Crippen LogP contribution is -2.00. The van der Waals surface area contributed by atoms with Gasteiger partial charge in [0.05, 0.1) is 34.0 Å². The largest absolute Gasteiger partial charge is 0.504 e. The van der Waals surface area contributed by atoms with E-state index in [1.54, 1.807) is 20.3 Å². The van der Waals surface area contributed by atoms with Crippen molar-refractivity contribution >= 4 is 22.6 Å². The van der Waals surface area contributed by atoms with Gasteiger partial charge in [0.1, 0.15) is 5.75 Å². The maximum absolute atomic E-state index is 12.7. The molecular formula is C23H22O6. The molecule has 0 unspecified atom stereocenters. The summed E-state index contributed by atoms with van der Waals surface area (Å²) in [6.07, 6.45) is 3.17. The number of allylic oxidation sites excluding steroid dienone is 1.